The Bertz CT molecular complexity index is 265. The molecule has 1 rings (SSSR count). The van der Waals surface area contributed by atoms with Gasteiger partial charge in [-0.1, -0.05) is 50.3 Å². The van der Waals surface area contributed by atoms with Crippen molar-refractivity contribution in [3.8, 4) is 0 Å². The van der Waals surface area contributed by atoms with E-state index in [1.54, 1.807) is 6.08 Å². The van der Waals surface area contributed by atoms with Crippen LogP contribution in [0.4, 0.5) is 0 Å². The first-order valence-corrected chi connectivity index (χ1v) is 4.59. The maximum Gasteiger partial charge on any atom is 0.245 e. The fraction of sp³-hybridized carbons (Fsp3) is 0.182. The summed E-state index contributed by atoms with van der Waals surface area (Å²) < 4.78 is 0. The minimum atomic E-state index is -0.450. The van der Waals surface area contributed by atoms with Crippen LogP contribution in [0.5, 0.6) is 0 Å². The van der Waals surface area contributed by atoms with Crippen LogP contribution in [0.1, 0.15) is 19.4 Å². The number of rotatable bonds is 2. The molecule has 0 aromatic heterocycles. The predicted octanol–water partition coefficient (Wildman–Crippen LogP) is 3.49. The SMILES string of the molecule is CC.O=C(Cl)/C=C/c1ccccc1. The molecular weight excluding hydrogens is 184 g/mol. The number of carbonyl (C=O) groups is 1. The second-order valence-corrected chi connectivity index (χ2v) is 2.42. The highest BCUT2D eigenvalue weighted by Gasteiger charge is 1.85. The monoisotopic (exact) mass is 196 g/mol. The van der Waals surface area contributed by atoms with Gasteiger partial charge in [0.1, 0.15) is 0 Å². The average molecular weight is 197 g/mol. The maximum absolute atomic E-state index is 10.3. The lowest BCUT2D eigenvalue weighted by atomic mass is 10.2. The number of halogens is 1. The average Bonchev–Trinajstić information content (AvgIpc) is 2.19. The Morgan fingerprint density at radius 1 is 1.23 bits per heavy atom. The zero-order valence-corrected chi connectivity index (χ0v) is 8.58. The van der Waals surface area contributed by atoms with E-state index in [0.717, 1.165) is 5.56 Å². The topological polar surface area (TPSA) is 17.1 Å². The highest BCUT2D eigenvalue weighted by molar-refractivity contribution is 6.66. The first-order valence-electron chi connectivity index (χ1n) is 4.21. The van der Waals surface area contributed by atoms with Crippen LogP contribution in [0.25, 0.3) is 6.08 Å². The van der Waals surface area contributed by atoms with Crippen LogP contribution in [0.3, 0.4) is 0 Å². The lowest BCUT2D eigenvalue weighted by molar-refractivity contribution is -0.107. The summed E-state index contributed by atoms with van der Waals surface area (Å²) in [6.07, 6.45) is 3.01. The molecule has 70 valence electrons. The molecule has 2 heteroatoms. The third-order valence-electron chi connectivity index (χ3n) is 1.21. The van der Waals surface area contributed by atoms with Crippen molar-refractivity contribution in [3.05, 3.63) is 42.0 Å². The maximum atomic E-state index is 10.3. The fourth-order valence-corrected chi connectivity index (χ4v) is 0.789. The number of benzene rings is 1. The summed E-state index contributed by atoms with van der Waals surface area (Å²) in [5, 5.41) is -0.450. The van der Waals surface area contributed by atoms with Gasteiger partial charge in [-0.3, -0.25) is 4.79 Å². The number of carbonyl (C=O) groups excluding carboxylic acids is 1. The first-order chi connectivity index (χ1) is 6.29. The Hall–Kier alpha value is -1.08. The highest BCUT2D eigenvalue weighted by Crippen LogP contribution is 2.01. The third-order valence-corrected chi connectivity index (χ3v) is 1.33. The molecule has 0 fully saturated rings. The molecule has 1 aromatic carbocycles. The molecule has 0 aliphatic carbocycles. The second-order valence-electron chi connectivity index (χ2n) is 2.05. The van der Waals surface area contributed by atoms with E-state index in [-0.39, 0.29) is 0 Å². The normalized spacial score (nSPS) is 9.15. The van der Waals surface area contributed by atoms with Gasteiger partial charge < -0.3 is 0 Å². The van der Waals surface area contributed by atoms with Gasteiger partial charge in [0.2, 0.25) is 5.24 Å². The number of hydrogen-bond acceptors (Lipinski definition) is 1. The van der Waals surface area contributed by atoms with Crippen molar-refractivity contribution < 1.29 is 4.79 Å². The molecule has 0 unspecified atom stereocenters. The van der Waals surface area contributed by atoms with Crippen LogP contribution in [-0.4, -0.2) is 5.24 Å². The minimum Gasteiger partial charge on any atom is -0.276 e. The van der Waals surface area contributed by atoms with Crippen LogP contribution in [0, 0.1) is 0 Å². The van der Waals surface area contributed by atoms with E-state index in [9.17, 15) is 4.79 Å². The molecule has 13 heavy (non-hydrogen) atoms. The molecule has 0 bridgehead atoms. The minimum absolute atomic E-state index is 0.450. The van der Waals surface area contributed by atoms with E-state index in [4.69, 9.17) is 11.6 Å². The molecular formula is C11H13ClO. The van der Waals surface area contributed by atoms with E-state index < -0.39 is 5.24 Å². The van der Waals surface area contributed by atoms with Crippen LogP contribution in [0.2, 0.25) is 0 Å². The molecule has 0 spiro atoms. The standard InChI is InChI=1S/C9H7ClO.C2H6/c10-9(11)7-6-8-4-2-1-3-5-8;1-2/h1-7H;1-2H3/b7-6+;. The van der Waals surface area contributed by atoms with Gasteiger partial charge in [0.25, 0.3) is 0 Å². The van der Waals surface area contributed by atoms with Gasteiger partial charge in [0.05, 0.1) is 0 Å². The van der Waals surface area contributed by atoms with E-state index in [1.807, 2.05) is 44.2 Å². The smallest absolute Gasteiger partial charge is 0.245 e. The Labute approximate surface area is 84.0 Å². The van der Waals surface area contributed by atoms with Gasteiger partial charge in [-0.25, -0.2) is 0 Å². The first kappa shape index (κ1) is 11.9. The van der Waals surface area contributed by atoms with Gasteiger partial charge in [-0.2, -0.15) is 0 Å². The van der Waals surface area contributed by atoms with Crippen molar-refractivity contribution in [2.45, 2.75) is 13.8 Å². The van der Waals surface area contributed by atoms with E-state index in [1.165, 1.54) is 6.08 Å². The molecule has 1 nitrogen and oxygen atoms in total. The second kappa shape index (κ2) is 7.56. The zero-order chi connectivity index (χ0) is 10.1. The van der Waals surface area contributed by atoms with Gasteiger partial charge in [0.15, 0.2) is 0 Å². The molecule has 0 aliphatic heterocycles. The summed E-state index contributed by atoms with van der Waals surface area (Å²) in [4.78, 5) is 10.3. The molecule has 0 N–H and O–H groups in total. The van der Waals surface area contributed by atoms with Crippen LogP contribution < -0.4 is 0 Å². The van der Waals surface area contributed by atoms with E-state index >= 15 is 0 Å². The van der Waals surface area contributed by atoms with Crippen molar-refractivity contribution in [2.24, 2.45) is 0 Å². The molecule has 0 heterocycles. The summed E-state index contributed by atoms with van der Waals surface area (Å²) in [6.45, 7) is 4.00. The summed E-state index contributed by atoms with van der Waals surface area (Å²) in [5.74, 6) is 0. The summed E-state index contributed by atoms with van der Waals surface area (Å²) in [7, 11) is 0. The van der Waals surface area contributed by atoms with Crippen molar-refractivity contribution in [1.82, 2.24) is 0 Å². The van der Waals surface area contributed by atoms with Gasteiger partial charge in [-0.05, 0) is 23.2 Å². The molecule has 0 radical (unpaired) electrons. The highest BCUT2D eigenvalue weighted by atomic mass is 35.5. The lowest BCUT2D eigenvalue weighted by Gasteiger charge is -1.87. The van der Waals surface area contributed by atoms with Gasteiger partial charge in [-0.15, -0.1) is 0 Å². The molecule has 0 saturated heterocycles. The predicted molar refractivity (Wildman–Crippen MR) is 57.7 cm³/mol. The third kappa shape index (κ3) is 6.12. The van der Waals surface area contributed by atoms with E-state index in [2.05, 4.69) is 0 Å². The van der Waals surface area contributed by atoms with Crippen LogP contribution in [0.15, 0.2) is 36.4 Å². The Morgan fingerprint density at radius 2 is 1.77 bits per heavy atom. The van der Waals surface area contributed by atoms with Crippen LogP contribution in [-0.2, 0) is 4.79 Å². The largest absolute Gasteiger partial charge is 0.276 e. The number of hydrogen-bond donors (Lipinski definition) is 0. The molecule has 0 atom stereocenters. The molecule has 0 amide bonds. The van der Waals surface area contributed by atoms with Gasteiger partial charge in [0, 0.05) is 0 Å². The lowest BCUT2D eigenvalue weighted by Crippen LogP contribution is -1.75. The fourth-order valence-electron chi connectivity index (χ4n) is 0.726. The number of allylic oxidation sites excluding steroid dienone is 1. The molecule has 0 saturated carbocycles. The van der Waals surface area contributed by atoms with E-state index in [0.29, 0.717) is 0 Å². The molecule has 0 aliphatic rings. The van der Waals surface area contributed by atoms with Crippen molar-refractivity contribution in [1.29, 1.82) is 0 Å². The summed E-state index contributed by atoms with van der Waals surface area (Å²) in [5.41, 5.74) is 0.974. The van der Waals surface area contributed by atoms with Crippen molar-refractivity contribution >= 4 is 22.9 Å². The molecule has 1 aromatic rings. The summed E-state index contributed by atoms with van der Waals surface area (Å²) in [6, 6.07) is 9.52. The quantitative estimate of drug-likeness (QED) is 0.523. The Morgan fingerprint density at radius 3 is 2.23 bits per heavy atom. The van der Waals surface area contributed by atoms with Crippen molar-refractivity contribution in [2.75, 3.05) is 0 Å². The Balaban J connectivity index is 0.000000671. The zero-order valence-electron chi connectivity index (χ0n) is 7.83. The van der Waals surface area contributed by atoms with Gasteiger partial charge >= 0.3 is 0 Å². The summed E-state index contributed by atoms with van der Waals surface area (Å²) >= 11 is 5.10. The Kier molecular flexibility index (Phi) is 6.93. The van der Waals surface area contributed by atoms with Crippen LogP contribution >= 0.6 is 11.6 Å². The van der Waals surface area contributed by atoms with Crippen molar-refractivity contribution in [3.63, 3.8) is 0 Å².